The van der Waals surface area contributed by atoms with Crippen molar-refractivity contribution in [1.82, 2.24) is 19.4 Å². The number of hydrogen-bond acceptors (Lipinski definition) is 7. The van der Waals surface area contributed by atoms with Gasteiger partial charge < -0.3 is 24.2 Å². The lowest BCUT2D eigenvalue weighted by molar-refractivity contribution is 0.0322. The summed E-state index contributed by atoms with van der Waals surface area (Å²) in [6, 6.07) is 12.2. The van der Waals surface area contributed by atoms with E-state index in [1.54, 1.807) is 23.2 Å². The first kappa shape index (κ1) is 22.9. The number of rotatable bonds is 8. The van der Waals surface area contributed by atoms with Gasteiger partial charge in [0, 0.05) is 49.3 Å². The molecule has 35 heavy (non-hydrogen) atoms. The molecule has 0 spiro atoms. The molecule has 1 aliphatic rings. The summed E-state index contributed by atoms with van der Waals surface area (Å²) in [6.45, 7) is 8.94. The van der Waals surface area contributed by atoms with Crippen molar-refractivity contribution in [2.24, 2.45) is 0 Å². The number of anilines is 2. The highest BCUT2D eigenvalue weighted by molar-refractivity contribution is 5.65. The number of oxazole rings is 1. The highest BCUT2D eigenvalue weighted by Gasteiger charge is 2.13. The Labute approximate surface area is 203 Å². The molecule has 0 aliphatic carbocycles. The molecule has 2 aromatic heterocycles. The lowest BCUT2D eigenvalue weighted by Crippen LogP contribution is -2.38. The van der Waals surface area contributed by atoms with Gasteiger partial charge in [0.2, 0.25) is 0 Å². The van der Waals surface area contributed by atoms with Gasteiger partial charge >= 0.3 is 5.69 Å². The van der Waals surface area contributed by atoms with E-state index in [1.807, 2.05) is 50.2 Å². The van der Waals surface area contributed by atoms with E-state index in [-0.39, 0.29) is 5.69 Å². The van der Waals surface area contributed by atoms with Crippen LogP contribution in [-0.2, 0) is 4.74 Å². The summed E-state index contributed by atoms with van der Waals surface area (Å²) in [4.78, 5) is 21.4. The number of aromatic nitrogens is 3. The lowest BCUT2D eigenvalue weighted by Gasteiger charge is -2.26. The van der Waals surface area contributed by atoms with Crippen LogP contribution in [0.3, 0.4) is 0 Å². The molecule has 0 radical (unpaired) electrons. The van der Waals surface area contributed by atoms with Crippen molar-refractivity contribution < 1.29 is 13.9 Å². The van der Waals surface area contributed by atoms with Crippen LogP contribution in [0.5, 0.6) is 5.75 Å². The Balaban J connectivity index is 1.28. The van der Waals surface area contributed by atoms with Crippen LogP contribution in [-0.4, -0.2) is 58.9 Å². The Kier molecular flexibility index (Phi) is 6.69. The first-order valence-electron chi connectivity index (χ1n) is 11.7. The van der Waals surface area contributed by atoms with Crippen LogP contribution >= 0.6 is 0 Å². The van der Waals surface area contributed by atoms with Gasteiger partial charge in [-0.3, -0.25) is 9.47 Å². The second kappa shape index (κ2) is 10.2. The van der Waals surface area contributed by atoms with Crippen molar-refractivity contribution in [2.75, 3.05) is 44.8 Å². The number of benzene rings is 2. The van der Waals surface area contributed by atoms with Gasteiger partial charge in [0.05, 0.1) is 25.1 Å². The van der Waals surface area contributed by atoms with Gasteiger partial charge in [0.25, 0.3) is 6.01 Å². The Morgan fingerprint density at radius 1 is 1.14 bits per heavy atom. The van der Waals surface area contributed by atoms with Crippen molar-refractivity contribution >= 4 is 11.7 Å². The highest BCUT2D eigenvalue weighted by Crippen LogP contribution is 2.29. The average molecular weight is 476 g/mol. The molecule has 0 amide bonds. The predicted molar refractivity (Wildman–Crippen MR) is 134 cm³/mol. The SMILES string of the molecule is Cc1cc(-c2cnc(Nc3cc(OCCN4CCOCC4)ccc3C)o2)cc(-n2cc[nH]c2=O)c1. The van der Waals surface area contributed by atoms with Crippen LogP contribution in [0.1, 0.15) is 11.1 Å². The fraction of sp³-hybridized carbons (Fsp3) is 0.308. The monoisotopic (exact) mass is 475 g/mol. The normalized spacial score (nSPS) is 14.2. The number of aromatic amines is 1. The number of H-pyrrole nitrogens is 1. The van der Waals surface area contributed by atoms with E-state index < -0.39 is 0 Å². The molecule has 5 rings (SSSR count). The van der Waals surface area contributed by atoms with Crippen LogP contribution in [0.2, 0.25) is 0 Å². The van der Waals surface area contributed by atoms with Crippen LogP contribution in [0.25, 0.3) is 17.0 Å². The lowest BCUT2D eigenvalue weighted by atomic mass is 10.1. The zero-order valence-electron chi connectivity index (χ0n) is 19.9. The summed E-state index contributed by atoms with van der Waals surface area (Å²) < 4.78 is 18.9. The van der Waals surface area contributed by atoms with Crippen LogP contribution in [0.15, 0.2) is 64.2 Å². The number of ether oxygens (including phenoxy) is 2. The Hall–Kier alpha value is -3.82. The molecule has 2 N–H and O–H groups in total. The minimum absolute atomic E-state index is 0.191. The van der Waals surface area contributed by atoms with E-state index in [9.17, 15) is 4.79 Å². The molecule has 1 aliphatic heterocycles. The molecule has 4 aromatic rings. The van der Waals surface area contributed by atoms with E-state index >= 15 is 0 Å². The van der Waals surface area contributed by atoms with Crippen molar-refractivity contribution in [3.05, 3.63) is 76.6 Å². The zero-order valence-corrected chi connectivity index (χ0v) is 19.9. The minimum Gasteiger partial charge on any atom is -0.492 e. The van der Waals surface area contributed by atoms with E-state index in [2.05, 4.69) is 20.2 Å². The van der Waals surface area contributed by atoms with E-state index in [1.165, 1.54) is 0 Å². The highest BCUT2D eigenvalue weighted by atomic mass is 16.5. The quantitative estimate of drug-likeness (QED) is 0.399. The number of nitrogens with one attached hydrogen (secondary N) is 2. The number of nitrogens with zero attached hydrogens (tertiary/aromatic N) is 3. The van der Waals surface area contributed by atoms with E-state index in [4.69, 9.17) is 13.9 Å². The summed E-state index contributed by atoms with van der Waals surface area (Å²) in [6.07, 6.45) is 5.00. The molecule has 3 heterocycles. The maximum absolute atomic E-state index is 12.0. The molecule has 1 fully saturated rings. The summed E-state index contributed by atoms with van der Waals surface area (Å²) >= 11 is 0. The van der Waals surface area contributed by atoms with Gasteiger partial charge in [-0.25, -0.2) is 9.78 Å². The third kappa shape index (κ3) is 5.47. The number of aryl methyl sites for hydroxylation is 2. The maximum atomic E-state index is 12.0. The fourth-order valence-corrected chi connectivity index (χ4v) is 4.09. The maximum Gasteiger partial charge on any atom is 0.330 e. The molecular weight excluding hydrogens is 446 g/mol. The summed E-state index contributed by atoms with van der Waals surface area (Å²) in [5.41, 5.74) is 4.33. The summed E-state index contributed by atoms with van der Waals surface area (Å²) in [7, 11) is 0. The Morgan fingerprint density at radius 2 is 2.00 bits per heavy atom. The number of imidazole rings is 1. The van der Waals surface area contributed by atoms with Crippen molar-refractivity contribution in [3.63, 3.8) is 0 Å². The minimum atomic E-state index is -0.191. The molecule has 0 atom stereocenters. The third-order valence-corrected chi connectivity index (χ3v) is 6.01. The van der Waals surface area contributed by atoms with Gasteiger partial charge in [-0.15, -0.1) is 0 Å². The third-order valence-electron chi connectivity index (χ3n) is 6.01. The average Bonchev–Trinajstić information content (AvgIpc) is 3.50. The molecule has 9 heteroatoms. The number of morpholine rings is 1. The van der Waals surface area contributed by atoms with Crippen LogP contribution < -0.4 is 15.7 Å². The predicted octanol–water partition coefficient (Wildman–Crippen LogP) is 3.89. The van der Waals surface area contributed by atoms with Crippen molar-refractivity contribution in [3.8, 4) is 22.8 Å². The molecule has 2 aromatic carbocycles. The van der Waals surface area contributed by atoms with Crippen LogP contribution in [0.4, 0.5) is 11.7 Å². The van der Waals surface area contributed by atoms with Crippen molar-refractivity contribution in [2.45, 2.75) is 13.8 Å². The number of hydrogen-bond donors (Lipinski definition) is 2. The van der Waals surface area contributed by atoms with E-state index in [0.29, 0.717) is 18.4 Å². The van der Waals surface area contributed by atoms with Gasteiger partial charge in [0.1, 0.15) is 12.4 Å². The topological polar surface area (TPSA) is 97.5 Å². The second-order valence-corrected chi connectivity index (χ2v) is 8.63. The Bertz CT molecular complexity index is 1350. The molecule has 9 nitrogen and oxygen atoms in total. The molecule has 0 unspecified atom stereocenters. The second-order valence-electron chi connectivity index (χ2n) is 8.63. The molecule has 0 bridgehead atoms. The van der Waals surface area contributed by atoms with Crippen molar-refractivity contribution in [1.29, 1.82) is 0 Å². The van der Waals surface area contributed by atoms with Gasteiger partial charge in [-0.05, 0) is 49.2 Å². The summed E-state index contributed by atoms with van der Waals surface area (Å²) in [5, 5.41) is 3.26. The van der Waals surface area contributed by atoms with Gasteiger partial charge in [-0.1, -0.05) is 6.07 Å². The van der Waals surface area contributed by atoms with E-state index in [0.717, 1.165) is 66.7 Å². The standard InChI is InChI=1S/C26H29N5O4/c1-18-13-20(15-21(14-18)31-6-5-27-26(31)32)24-17-28-25(35-24)29-23-16-22(4-3-19(23)2)34-12-9-30-7-10-33-11-8-30/h3-6,13-17H,7-12H2,1-2H3,(H,27,32)(H,28,29). The first-order valence-corrected chi connectivity index (χ1v) is 11.7. The van der Waals surface area contributed by atoms with Gasteiger partial charge in [0.15, 0.2) is 5.76 Å². The molecule has 0 saturated carbocycles. The molecular formula is C26H29N5O4. The molecule has 182 valence electrons. The van der Waals surface area contributed by atoms with Gasteiger partial charge in [-0.2, -0.15) is 0 Å². The fourth-order valence-electron chi connectivity index (χ4n) is 4.09. The van der Waals surface area contributed by atoms with Crippen LogP contribution in [0, 0.1) is 13.8 Å². The zero-order chi connectivity index (χ0) is 24.2. The molecule has 1 saturated heterocycles. The summed E-state index contributed by atoms with van der Waals surface area (Å²) in [5.74, 6) is 1.40. The smallest absolute Gasteiger partial charge is 0.330 e. The first-order chi connectivity index (χ1) is 17.0. The largest absolute Gasteiger partial charge is 0.492 e. The Morgan fingerprint density at radius 3 is 2.80 bits per heavy atom.